The molecule has 0 radical (unpaired) electrons. The third-order valence-electron chi connectivity index (χ3n) is 3.41. The summed E-state index contributed by atoms with van der Waals surface area (Å²) in [6.07, 6.45) is 1.54. The lowest BCUT2D eigenvalue weighted by Crippen LogP contribution is -2.22. The number of amides is 1. The van der Waals surface area contributed by atoms with Gasteiger partial charge < -0.3 is 15.4 Å². The first kappa shape index (κ1) is 14.0. The van der Waals surface area contributed by atoms with Crippen molar-refractivity contribution in [3.63, 3.8) is 0 Å². The summed E-state index contributed by atoms with van der Waals surface area (Å²) in [7, 11) is 0. The SMILES string of the molecule is O=C(Nc1cccc(CO)c1)C(=O)c1c[nH]c2ccccc12. The molecule has 3 aromatic rings. The predicted octanol–water partition coefficient (Wildman–Crippen LogP) is 2.48. The number of benzene rings is 2. The largest absolute Gasteiger partial charge is 0.392 e. The van der Waals surface area contributed by atoms with Gasteiger partial charge in [0.25, 0.3) is 11.7 Å². The van der Waals surface area contributed by atoms with Crippen LogP contribution in [0, 0.1) is 0 Å². The van der Waals surface area contributed by atoms with Gasteiger partial charge in [0.05, 0.1) is 12.2 Å². The third kappa shape index (κ3) is 2.62. The molecule has 1 heterocycles. The molecule has 0 aliphatic heterocycles. The number of aliphatic hydroxyl groups excluding tert-OH is 1. The Kier molecular flexibility index (Phi) is 3.72. The van der Waals surface area contributed by atoms with Crippen LogP contribution in [0.1, 0.15) is 15.9 Å². The van der Waals surface area contributed by atoms with Gasteiger partial charge in [0.2, 0.25) is 0 Å². The number of aromatic amines is 1. The number of para-hydroxylation sites is 1. The summed E-state index contributed by atoms with van der Waals surface area (Å²) < 4.78 is 0. The summed E-state index contributed by atoms with van der Waals surface area (Å²) in [5.41, 5.74) is 2.29. The summed E-state index contributed by atoms with van der Waals surface area (Å²) in [5.74, 6) is -1.31. The monoisotopic (exact) mass is 294 g/mol. The molecule has 3 N–H and O–H groups in total. The lowest BCUT2D eigenvalue weighted by molar-refractivity contribution is -0.112. The Morgan fingerprint density at radius 1 is 1.09 bits per heavy atom. The fourth-order valence-corrected chi connectivity index (χ4v) is 2.32. The van der Waals surface area contributed by atoms with E-state index < -0.39 is 11.7 Å². The van der Waals surface area contributed by atoms with Crippen molar-refractivity contribution < 1.29 is 14.7 Å². The summed E-state index contributed by atoms with van der Waals surface area (Å²) in [6, 6.07) is 14.0. The number of hydrogen-bond acceptors (Lipinski definition) is 3. The number of Topliss-reactive ketones (excluding diaryl/α,β-unsaturated/α-hetero) is 1. The quantitative estimate of drug-likeness (QED) is 0.510. The van der Waals surface area contributed by atoms with Crippen molar-refractivity contribution in [2.45, 2.75) is 6.61 Å². The second-order valence-electron chi connectivity index (χ2n) is 4.89. The van der Waals surface area contributed by atoms with Crippen LogP contribution >= 0.6 is 0 Å². The number of aliphatic hydroxyl groups is 1. The smallest absolute Gasteiger partial charge is 0.296 e. The molecule has 3 rings (SSSR count). The van der Waals surface area contributed by atoms with E-state index >= 15 is 0 Å². The van der Waals surface area contributed by atoms with Gasteiger partial charge in [-0.25, -0.2) is 0 Å². The first-order valence-electron chi connectivity index (χ1n) is 6.80. The first-order chi connectivity index (χ1) is 10.7. The van der Waals surface area contributed by atoms with Crippen LogP contribution in [0.2, 0.25) is 0 Å². The number of anilines is 1. The van der Waals surface area contributed by atoms with Crippen molar-refractivity contribution in [1.29, 1.82) is 0 Å². The Balaban J connectivity index is 1.84. The van der Waals surface area contributed by atoms with Crippen molar-refractivity contribution >= 4 is 28.3 Å². The molecule has 0 atom stereocenters. The lowest BCUT2D eigenvalue weighted by atomic mass is 10.1. The van der Waals surface area contributed by atoms with E-state index in [2.05, 4.69) is 10.3 Å². The fraction of sp³-hybridized carbons (Fsp3) is 0.0588. The third-order valence-corrected chi connectivity index (χ3v) is 3.41. The molecule has 5 heteroatoms. The maximum atomic E-state index is 12.3. The Bertz CT molecular complexity index is 852. The molecule has 1 amide bonds. The van der Waals surface area contributed by atoms with Crippen LogP contribution in [0.3, 0.4) is 0 Å². The first-order valence-corrected chi connectivity index (χ1v) is 6.80. The van der Waals surface area contributed by atoms with Crippen LogP contribution in [0.15, 0.2) is 54.7 Å². The summed E-state index contributed by atoms with van der Waals surface area (Å²) in [4.78, 5) is 27.4. The number of fused-ring (bicyclic) bond motifs is 1. The molecule has 0 aliphatic carbocycles. The minimum atomic E-state index is -0.708. The van der Waals surface area contributed by atoms with E-state index in [1.807, 2.05) is 18.2 Å². The second kappa shape index (κ2) is 5.83. The van der Waals surface area contributed by atoms with E-state index in [0.29, 0.717) is 22.2 Å². The Morgan fingerprint density at radius 3 is 2.73 bits per heavy atom. The van der Waals surface area contributed by atoms with E-state index in [-0.39, 0.29) is 6.61 Å². The zero-order chi connectivity index (χ0) is 15.5. The van der Waals surface area contributed by atoms with Crippen LogP contribution in [0.5, 0.6) is 0 Å². The van der Waals surface area contributed by atoms with Crippen LogP contribution in [0.25, 0.3) is 10.9 Å². The molecule has 0 unspecified atom stereocenters. The molecule has 0 aliphatic rings. The Morgan fingerprint density at radius 2 is 1.91 bits per heavy atom. The fourth-order valence-electron chi connectivity index (χ4n) is 2.32. The standard InChI is InChI=1S/C17H14N2O3/c20-10-11-4-3-5-12(8-11)19-17(22)16(21)14-9-18-15-7-2-1-6-13(14)15/h1-9,18,20H,10H2,(H,19,22). The molecular weight excluding hydrogens is 280 g/mol. The molecule has 110 valence electrons. The van der Waals surface area contributed by atoms with Crippen molar-refractivity contribution in [1.82, 2.24) is 4.98 Å². The maximum absolute atomic E-state index is 12.3. The summed E-state index contributed by atoms with van der Waals surface area (Å²) in [6.45, 7) is -0.125. The van der Waals surface area contributed by atoms with E-state index in [4.69, 9.17) is 5.11 Å². The number of H-pyrrole nitrogens is 1. The molecule has 1 aromatic heterocycles. The van der Waals surface area contributed by atoms with Crippen molar-refractivity contribution in [2.75, 3.05) is 5.32 Å². The number of carbonyl (C=O) groups excluding carboxylic acids is 2. The average Bonchev–Trinajstić information content (AvgIpc) is 2.98. The van der Waals surface area contributed by atoms with Gasteiger partial charge >= 0.3 is 0 Å². The van der Waals surface area contributed by atoms with E-state index in [1.54, 1.807) is 30.3 Å². The highest BCUT2D eigenvalue weighted by atomic mass is 16.3. The highest BCUT2D eigenvalue weighted by molar-refractivity contribution is 6.48. The normalized spacial score (nSPS) is 10.6. The van der Waals surface area contributed by atoms with Crippen LogP contribution in [-0.2, 0) is 11.4 Å². The van der Waals surface area contributed by atoms with Gasteiger partial charge in [-0.1, -0.05) is 30.3 Å². The Hall–Kier alpha value is -2.92. The van der Waals surface area contributed by atoms with Crippen LogP contribution < -0.4 is 5.32 Å². The zero-order valence-corrected chi connectivity index (χ0v) is 11.7. The number of nitrogens with one attached hydrogen (secondary N) is 2. The summed E-state index contributed by atoms with van der Waals surface area (Å²) in [5, 5.41) is 12.4. The lowest BCUT2D eigenvalue weighted by Gasteiger charge is -2.05. The minimum Gasteiger partial charge on any atom is -0.392 e. The van der Waals surface area contributed by atoms with Gasteiger partial charge in [-0.05, 0) is 23.8 Å². The topological polar surface area (TPSA) is 82.2 Å². The number of hydrogen-bond donors (Lipinski definition) is 3. The van der Waals surface area contributed by atoms with Gasteiger partial charge in [0, 0.05) is 22.8 Å². The number of ketones is 1. The molecule has 2 aromatic carbocycles. The van der Waals surface area contributed by atoms with E-state index in [1.165, 1.54) is 6.20 Å². The van der Waals surface area contributed by atoms with Crippen LogP contribution in [-0.4, -0.2) is 21.8 Å². The molecule has 0 spiro atoms. The van der Waals surface area contributed by atoms with Gasteiger partial charge in [0.15, 0.2) is 0 Å². The molecule has 0 fully saturated rings. The molecule has 0 saturated heterocycles. The van der Waals surface area contributed by atoms with Gasteiger partial charge in [-0.15, -0.1) is 0 Å². The molecule has 22 heavy (non-hydrogen) atoms. The minimum absolute atomic E-state index is 0.125. The average molecular weight is 294 g/mol. The number of carbonyl (C=O) groups is 2. The van der Waals surface area contributed by atoms with E-state index in [0.717, 1.165) is 5.52 Å². The predicted molar refractivity (Wildman–Crippen MR) is 83.6 cm³/mol. The van der Waals surface area contributed by atoms with Gasteiger partial charge in [-0.2, -0.15) is 0 Å². The molecule has 5 nitrogen and oxygen atoms in total. The zero-order valence-electron chi connectivity index (χ0n) is 11.7. The van der Waals surface area contributed by atoms with Crippen molar-refractivity contribution in [3.05, 3.63) is 65.9 Å². The van der Waals surface area contributed by atoms with Gasteiger partial charge in [-0.3, -0.25) is 9.59 Å². The molecule has 0 saturated carbocycles. The molecule has 0 bridgehead atoms. The highest BCUT2D eigenvalue weighted by Gasteiger charge is 2.19. The van der Waals surface area contributed by atoms with Gasteiger partial charge in [0.1, 0.15) is 0 Å². The second-order valence-corrected chi connectivity index (χ2v) is 4.89. The number of aromatic nitrogens is 1. The maximum Gasteiger partial charge on any atom is 0.296 e. The van der Waals surface area contributed by atoms with Crippen LogP contribution in [0.4, 0.5) is 5.69 Å². The highest BCUT2D eigenvalue weighted by Crippen LogP contribution is 2.19. The van der Waals surface area contributed by atoms with Crippen molar-refractivity contribution in [2.24, 2.45) is 0 Å². The van der Waals surface area contributed by atoms with E-state index in [9.17, 15) is 9.59 Å². The van der Waals surface area contributed by atoms with Crippen molar-refractivity contribution in [3.8, 4) is 0 Å². The molecular formula is C17H14N2O3. The Labute approximate surface area is 126 Å². The number of rotatable bonds is 4. The summed E-state index contributed by atoms with van der Waals surface area (Å²) >= 11 is 0.